The monoisotopic (exact) mass is 327 g/mol. The van der Waals surface area contributed by atoms with Crippen molar-refractivity contribution in [3.63, 3.8) is 0 Å². The summed E-state index contributed by atoms with van der Waals surface area (Å²) >= 11 is 1.40. The Kier molecular flexibility index (Phi) is 5.99. The van der Waals surface area contributed by atoms with Crippen LogP contribution in [0.5, 0.6) is 0 Å². The molecule has 0 fully saturated rings. The van der Waals surface area contributed by atoms with E-state index in [2.05, 4.69) is 12.2 Å². The predicted molar refractivity (Wildman–Crippen MR) is 96.2 cm³/mol. The maximum absolute atomic E-state index is 12.3. The number of carbonyl (C=O) groups is 2. The normalized spacial score (nSPS) is 11.8. The van der Waals surface area contributed by atoms with Gasteiger partial charge in [0.05, 0.1) is 5.25 Å². The summed E-state index contributed by atoms with van der Waals surface area (Å²) < 4.78 is 0. The number of carbonyl (C=O) groups excluding carboxylic acids is 2. The summed E-state index contributed by atoms with van der Waals surface area (Å²) in [5.41, 5.74) is 2.68. The van der Waals surface area contributed by atoms with Crippen LogP contribution in [0, 0.1) is 0 Å². The van der Waals surface area contributed by atoms with Gasteiger partial charge in [-0.1, -0.05) is 37.3 Å². The molecule has 4 heteroatoms. The number of Topliss-reactive ketones (excluding diaryl/α,β-unsaturated/α-hetero) is 1. The van der Waals surface area contributed by atoms with E-state index in [-0.39, 0.29) is 16.9 Å². The molecule has 0 radical (unpaired) electrons. The van der Waals surface area contributed by atoms with Crippen LogP contribution in [0.1, 0.15) is 36.7 Å². The average Bonchev–Trinajstić information content (AvgIpc) is 2.55. The maximum atomic E-state index is 12.3. The molecule has 1 amide bonds. The molecule has 23 heavy (non-hydrogen) atoms. The molecule has 1 atom stereocenters. The number of nitrogens with one attached hydrogen (secondary N) is 1. The third kappa shape index (κ3) is 4.70. The molecule has 1 N–H and O–H groups in total. The summed E-state index contributed by atoms with van der Waals surface area (Å²) in [7, 11) is 0. The fourth-order valence-corrected chi connectivity index (χ4v) is 3.21. The highest BCUT2D eigenvalue weighted by Crippen LogP contribution is 2.28. The quantitative estimate of drug-likeness (QED) is 0.624. The third-order valence-electron chi connectivity index (χ3n) is 3.57. The number of hydrogen-bond acceptors (Lipinski definition) is 3. The van der Waals surface area contributed by atoms with Gasteiger partial charge >= 0.3 is 0 Å². The molecule has 0 bridgehead atoms. The van der Waals surface area contributed by atoms with Gasteiger partial charge in [0.1, 0.15) is 0 Å². The highest BCUT2D eigenvalue weighted by molar-refractivity contribution is 8.00. The van der Waals surface area contributed by atoms with E-state index in [0.717, 1.165) is 17.0 Å². The van der Waals surface area contributed by atoms with Gasteiger partial charge in [0, 0.05) is 16.1 Å². The van der Waals surface area contributed by atoms with E-state index in [4.69, 9.17) is 0 Å². The Morgan fingerprint density at radius 1 is 1.09 bits per heavy atom. The lowest BCUT2D eigenvalue weighted by atomic mass is 10.1. The van der Waals surface area contributed by atoms with Crippen molar-refractivity contribution in [2.45, 2.75) is 37.3 Å². The van der Waals surface area contributed by atoms with E-state index in [1.807, 2.05) is 49.4 Å². The minimum absolute atomic E-state index is 0.0101. The summed E-state index contributed by atoms with van der Waals surface area (Å²) in [4.78, 5) is 24.8. The molecule has 0 aromatic heterocycles. The number of hydrogen-bond donors (Lipinski definition) is 1. The second-order valence-corrected chi connectivity index (χ2v) is 6.73. The van der Waals surface area contributed by atoms with Crippen LogP contribution in [0.3, 0.4) is 0 Å². The summed E-state index contributed by atoms with van der Waals surface area (Å²) in [5, 5.41) is 2.63. The first-order chi connectivity index (χ1) is 11.0. The Balaban J connectivity index is 2.04. The van der Waals surface area contributed by atoms with Gasteiger partial charge in [-0.3, -0.25) is 9.59 Å². The van der Waals surface area contributed by atoms with Crippen molar-refractivity contribution in [1.29, 1.82) is 0 Å². The molecule has 2 aromatic carbocycles. The number of aryl methyl sites for hydroxylation is 1. The highest BCUT2D eigenvalue weighted by Gasteiger charge is 2.17. The molecule has 0 saturated carbocycles. The van der Waals surface area contributed by atoms with Crippen LogP contribution in [-0.2, 0) is 11.2 Å². The zero-order chi connectivity index (χ0) is 16.8. The van der Waals surface area contributed by atoms with E-state index >= 15 is 0 Å². The van der Waals surface area contributed by atoms with Crippen LogP contribution in [-0.4, -0.2) is 16.9 Å². The van der Waals surface area contributed by atoms with Crippen LogP contribution in [0.25, 0.3) is 0 Å². The standard InChI is InChI=1S/C19H21NO2S/c1-4-15-9-11-16(12-10-15)20-19(22)14(3)23-18-8-6-5-7-17(18)13(2)21/h5-12,14H,4H2,1-3H3,(H,20,22)/t14-/m0/s1. The van der Waals surface area contributed by atoms with Crippen LogP contribution in [0.4, 0.5) is 5.69 Å². The second kappa shape index (κ2) is 7.97. The predicted octanol–water partition coefficient (Wildman–Crippen LogP) is 4.57. The second-order valence-electron chi connectivity index (χ2n) is 5.35. The first-order valence-electron chi connectivity index (χ1n) is 7.67. The third-order valence-corrected chi connectivity index (χ3v) is 4.75. The first-order valence-corrected chi connectivity index (χ1v) is 8.55. The SMILES string of the molecule is CCc1ccc(NC(=O)[C@H](C)Sc2ccccc2C(C)=O)cc1. The van der Waals surface area contributed by atoms with Gasteiger partial charge in [0.15, 0.2) is 5.78 Å². The van der Waals surface area contributed by atoms with E-state index in [1.165, 1.54) is 17.3 Å². The molecule has 0 aliphatic rings. The molecule has 2 rings (SSSR count). The van der Waals surface area contributed by atoms with Crippen molar-refractivity contribution in [1.82, 2.24) is 0 Å². The van der Waals surface area contributed by atoms with Crippen molar-refractivity contribution < 1.29 is 9.59 Å². The lowest BCUT2D eigenvalue weighted by Gasteiger charge is -2.14. The number of anilines is 1. The molecule has 0 saturated heterocycles. The van der Waals surface area contributed by atoms with Gasteiger partial charge < -0.3 is 5.32 Å². The molecular formula is C19H21NO2S. The Hall–Kier alpha value is -2.07. The first kappa shape index (κ1) is 17.3. The molecule has 0 spiro atoms. The number of rotatable bonds is 6. The van der Waals surface area contributed by atoms with Gasteiger partial charge in [-0.05, 0) is 44.0 Å². The topological polar surface area (TPSA) is 46.2 Å². The van der Waals surface area contributed by atoms with E-state index < -0.39 is 0 Å². The van der Waals surface area contributed by atoms with Crippen molar-refractivity contribution >= 4 is 29.1 Å². The van der Waals surface area contributed by atoms with Crippen molar-refractivity contribution in [2.75, 3.05) is 5.32 Å². The van der Waals surface area contributed by atoms with Crippen LogP contribution in [0.2, 0.25) is 0 Å². The number of benzene rings is 2. The van der Waals surface area contributed by atoms with Crippen molar-refractivity contribution in [2.24, 2.45) is 0 Å². The smallest absolute Gasteiger partial charge is 0.237 e. The lowest BCUT2D eigenvalue weighted by molar-refractivity contribution is -0.115. The van der Waals surface area contributed by atoms with Gasteiger partial charge in [0.2, 0.25) is 5.91 Å². The summed E-state index contributed by atoms with van der Waals surface area (Å²) in [6, 6.07) is 15.2. The van der Waals surface area contributed by atoms with Crippen LogP contribution >= 0.6 is 11.8 Å². The minimum atomic E-state index is -0.290. The van der Waals surface area contributed by atoms with Gasteiger partial charge in [-0.2, -0.15) is 0 Å². The Labute approximate surface area is 141 Å². The van der Waals surface area contributed by atoms with Crippen molar-refractivity contribution in [3.05, 3.63) is 59.7 Å². The van der Waals surface area contributed by atoms with E-state index in [0.29, 0.717) is 5.56 Å². The molecule has 0 unspecified atom stereocenters. The molecule has 120 valence electrons. The Morgan fingerprint density at radius 3 is 2.35 bits per heavy atom. The maximum Gasteiger partial charge on any atom is 0.237 e. The fraction of sp³-hybridized carbons (Fsp3) is 0.263. The summed E-state index contributed by atoms with van der Waals surface area (Å²) in [5.74, 6) is -0.0616. The van der Waals surface area contributed by atoms with Gasteiger partial charge in [-0.15, -0.1) is 11.8 Å². The molecule has 0 aliphatic heterocycles. The minimum Gasteiger partial charge on any atom is -0.325 e. The summed E-state index contributed by atoms with van der Waals surface area (Å²) in [6.45, 7) is 5.48. The van der Waals surface area contributed by atoms with E-state index in [1.54, 1.807) is 13.0 Å². The largest absolute Gasteiger partial charge is 0.325 e. The average molecular weight is 327 g/mol. The molecule has 3 nitrogen and oxygen atoms in total. The highest BCUT2D eigenvalue weighted by atomic mass is 32.2. The van der Waals surface area contributed by atoms with Gasteiger partial charge in [-0.25, -0.2) is 0 Å². The number of amides is 1. The zero-order valence-electron chi connectivity index (χ0n) is 13.6. The van der Waals surface area contributed by atoms with Gasteiger partial charge in [0.25, 0.3) is 0 Å². The molecule has 0 heterocycles. The molecular weight excluding hydrogens is 306 g/mol. The van der Waals surface area contributed by atoms with Crippen LogP contribution in [0.15, 0.2) is 53.4 Å². The van der Waals surface area contributed by atoms with E-state index in [9.17, 15) is 9.59 Å². The Morgan fingerprint density at radius 2 is 1.74 bits per heavy atom. The number of thioether (sulfide) groups is 1. The molecule has 0 aliphatic carbocycles. The van der Waals surface area contributed by atoms with Crippen molar-refractivity contribution in [3.8, 4) is 0 Å². The van der Waals surface area contributed by atoms with Crippen LogP contribution < -0.4 is 5.32 Å². The Bertz CT molecular complexity index is 695. The fourth-order valence-electron chi connectivity index (χ4n) is 2.17. The lowest BCUT2D eigenvalue weighted by Crippen LogP contribution is -2.22. The molecule has 2 aromatic rings. The number of ketones is 1. The zero-order valence-corrected chi connectivity index (χ0v) is 14.4. The summed E-state index contributed by atoms with van der Waals surface area (Å²) in [6.07, 6.45) is 0.975.